The second-order valence-electron chi connectivity index (χ2n) is 22.8. The number of aliphatic hydroxyl groups excluding tert-OH is 7. The Morgan fingerprint density at radius 1 is 0.744 bits per heavy atom. The van der Waals surface area contributed by atoms with Crippen molar-refractivity contribution >= 4 is 71.0 Å². The summed E-state index contributed by atoms with van der Waals surface area (Å²) in [7, 11) is 0. The van der Waals surface area contributed by atoms with Gasteiger partial charge in [0, 0.05) is 81.5 Å². The fourth-order valence-corrected chi connectivity index (χ4v) is 11.5. The van der Waals surface area contributed by atoms with Crippen molar-refractivity contribution in [3.63, 3.8) is 0 Å². The fraction of sp³-hybridized carbons (Fsp3) is 0.552. The predicted molar refractivity (Wildman–Crippen MR) is 318 cm³/mol. The second kappa shape index (κ2) is 32.4. The molecular formula is C58H80N10O21S. The SMILES string of the molecule is CCCCCCOc1ccc(N2CCN(c3ccc(C(=O)NC4CC(O)CNC(=O)C5C(O)C(C)CN5C(=O)C(C(O)CC(N)=O)NC(=O)C(C(O)C(O)c5ccc(O)c(OSOOO)c5)NC(=O)C5CC(O)CN5C(=O)C(C(C)O)NC4=O)cc3)CC2)cc1. The molecule has 494 valence electrons. The first-order chi connectivity index (χ1) is 42.9. The van der Waals surface area contributed by atoms with Crippen LogP contribution in [0, 0.1) is 5.92 Å². The molecule has 0 spiro atoms. The monoisotopic (exact) mass is 1280 g/mol. The van der Waals surface area contributed by atoms with Crippen molar-refractivity contribution in [1.29, 1.82) is 0 Å². The van der Waals surface area contributed by atoms with Crippen LogP contribution in [0.15, 0.2) is 66.7 Å². The lowest BCUT2D eigenvalue weighted by Gasteiger charge is -2.37. The van der Waals surface area contributed by atoms with E-state index in [-0.39, 0.29) is 23.5 Å². The lowest BCUT2D eigenvalue weighted by molar-refractivity contribution is -0.433. The number of fused-ring (bicyclic) bond motifs is 2. The Hall–Kier alpha value is -7.63. The van der Waals surface area contributed by atoms with E-state index in [1.165, 1.54) is 25.5 Å². The van der Waals surface area contributed by atoms with E-state index >= 15 is 0 Å². The molecule has 32 heteroatoms. The maximum atomic E-state index is 14.7. The van der Waals surface area contributed by atoms with E-state index in [2.05, 4.69) is 52.7 Å². The molecule has 0 aliphatic carbocycles. The number of hydrogen-bond donors (Lipinski definition) is 15. The highest BCUT2D eigenvalue weighted by Gasteiger charge is 2.50. The number of carbonyl (C=O) groups is 8. The van der Waals surface area contributed by atoms with Crippen LogP contribution in [0.5, 0.6) is 17.2 Å². The average molecular weight is 1290 g/mol. The number of aromatic hydroxyl groups is 1. The largest absolute Gasteiger partial charge is 0.504 e. The second-order valence-corrected chi connectivity index (χ2v) is 23.2. The number of carbonyl (C=O) groups excluding carboxylic acids is 8. The number of benzene rings is 3. The molecule has 3 aromatic rings. The van der Waals surface area contributed by atoms with Crippen LogP contribution < -0.4 is 51.0 Å². The van der Waals surface area contributed by atoms with E-state index < -0.39 is 183 Å². The minimum Gasteiger partial charge on any atom is -0.504 e. The summed E-state index contributed by atoms with van der Waals surface area (Å²) in [6.07, 6.45) is -11.6. The van der Waals surface area contributed by atoms with E-state index in [0.29, 0.717) is 32.8 Å². The third-order valence-electron chi connectivity index (χ3n) is 16.2. The number of anilines is 2. The quantitative estimate of drug-likeness (QED) is 0.0224. The Labute approximate surface area is 522 Å². The molecule has 16 N–H and O–H groups in total. The lowest BCUT2D eigenvalue weighted by atomic mass is 9.96. The van der Waals surface area contributed by atoms with E-state index in [4.69, 9.17) is 19.9 Å². The molecule has 31 nitrogen and oxygen atoms in total. The Morgan fingerprint density at radius 2 is 1.37 bits per heavy atom. The topological polar surface area (TPSA) is 455 Å². The molecule has 8 amide bonds. The number of unbranched alkanes of at least 4 members (excludes halogenated alkanes) is 3. The third-order valence-corrected chi connectivity index (χ3v) is 16.5. The normalized spacial score (nSPS) is 26.3. The van der Waals surface area contributed by atoms with Gasteiger partial charge in [-0.25, -0.2) is 5.26 Å². The third kappa shape index (κ3) is 17.9. The van der Waals surface area contributed by atoms with Gasteiger partial charge in [0.1, 0.15) is 54.2 Å². The van der Waals surface area contributed by atoms with Gasteiger partial charge in [0.2, 0.25) is 41.4 Å². The van der Waals surface area contributed by atoms with E-state index in [1.54, 1.807) is 12.1 Å². The van der Waals surface area contributed by atoms with Crippen LogP contribution in [0.3, 0.4) is 0 Å². The van der Waals surface area contributed by atoms with Crippen LogP contribution in [0.2, 0.25) is 0 Å². The number of primary amides is 1. The molecule has 4 aliphatic rings. The van der Waals surface area contributed by atoms with Gasteiger partial charge < -0.3 is 102 Å². The summed E-state index contributed by atoms with van der Waals surface area (Å²) in [6, 6.07) is 5.21. The van der Waals surface area contributed by atoms with E-state index in [0.717, 1.165) is 71.3 Å². The van der Waals surface area contributed by atoms with Gasteiger partial charge in [0.25, 0.3) is 18.2 Å². The fourth-order valence-electron chi connectivity index (χ4n) is 11.2. The van der Waals surface area contributed by atoms with Crippen molar-refractivity contribution in [2.45, 2.75) is 145 Å². The van der Waals surface area contributed by atoms with Gasteiger partial charge in [0.05, 0.1) is 43.5 Å². The van der Waals surface area contributed by atoms with E-state index in [9.17, 15) is 79.2 Å². The summed E-state index contributed by atoms with van der Waals surface area (Å²) in [5.41, 5.74) is 6.95. The highest BCUT2D eigenvalue weighted by Crippen LogP contribution is 2.34. The minimum atomic E-state index is -2.52. The molecule has 0 aromatic heterocycles. The zero-order chi connectivity index (χ0) is 65.5. The molecule has 4 heterocycles. The Bertz CT molecular complexity index is 2960. The number of piperazine rings is 1. The first kappa shape index (κ1) is 69.8. The number of ether oxygens (including phenoxy) is 1. The van der Waals surface area contributed by atoms with Gasteiger partial charge in [-0.15, -0.1) is 0 Å². The number of nitrogens with zero attached hydrogens (tertiary/aromatic N) is 4. The molecule has 3 aromatic carbocycles. The molecule has 0 bridgehead atoms. The molecule has 14 atom stereocenters. The number of aliphatic hydroxyl groups is 7. The van der Waals surface area contributed by atoms with Crippen LogP contribution in [-0.4, -0.2) is 228 Å². The number of nitrogens with two attached hydrogens (primary N) is 1. The van der Waals surface area contributed by atoms with E-state index in [1.807, 2.05) is 24.3 Å². The van der Waals surface area contributed by atoms with Crippen LogP contribution >= 0.6 is 12.3 Å². The zero-order valence-electron chi connectivity index (χ0n) is 49.7. The Kier molecular flexibility index (Phi) is 25.1. The zero-order valence-corrected chi connectivity index (χ0v) is 50.6. The number of phenols is 1. The standard InChI is InChI=1S/C58H80N10O21S/c1-4-5-6-7-22-86-38-15-13-35(14-16-38)66-20-18-65(19-21-66)34-11-8-32(9-12-34)52(78)61-39-24-36(70)27-60-56(82)48-49(75)30(2)28-68(48)58(84)46(42(73)26-44(59)74)63-55(81)47(51(77)50(76)33-10-17-41(72)43(23-33)87-90-89-88-85)64-54(80)40-25-37(71)29-67(40)57(83)45(31(3)69)62-53(39)79/h8-17,23,30-31,36-37,39-40,42,45-51,69-73,75-77,85H,4-7,18-22,24-29H2,1-3H3,(H2,59,74)(H,60,82)(H,61,78)(H,62,79)(H,63,81)(H,64,80). The highest BCUT2D eigenvalue weighted by atomic mass is 32.2. The smallest absolute Gasteiger partial charge is 0.261 e. The average Bonchev–Trinajstić information content (AvgIpc) is 2.18. The number of rotatable bonds is 21. The van der Waals surface area contributed by atoms with Crippen LogP contribution in [0.4, 0.5) is 11.4 Å². The summed E-state index contributed by atoms with van der Waals surface area (Å²) in [4.78, 5) is 119. The maximum absolute atomic E-state index is 14.7. The first-order valence-electron chi connectivity index (χ1n) is 29.5. The molecule has 14 unspecified atom stereocenters. The summed E-state index contributed by atoms with van der Waals surface area (Å²) >= 11 is -0.0189. The van der Waals surface area contributed by atoms with Crippen LogP contribution in [-0.2, 0) is 42.9 Å². The van der Waals surface area contributed by atoms with Gasteiger partial charge in [-0.05, 0) is 79.6 Å². The Morgan fingerprint density at radius 3 is 1.99 bits per heavy atom. The number of nitrogens with one attached hydrogen (secondary N) is 5. The molecule has 0 radical (unpaired) electrons. The number of β-amino-alcohol motifs (C(OH)–C–C–N with tert-alkyl or cyclic N) is 1. The summed E-state index contributed by atoms with van der Waals surface area (Å²) in [5.74, 6) is -10.9. The maximum Gasteiger partial charge on any atom is 0.261 e. The number of hydrogen-bond acceptors (Lipinski definition) is 24. The van der Waals surface area contributed by atoms with Gasteiger partial charge in [-0.1, -0.05) is 48.5 Å². The Balaban J connectivity index is 1.16. The van der Waals surface area contributed by atoms with Gasteiger partial charge >= 0.3 is 0 Å². The lowest BCUT2D eigenvalue weighted by Crippen LogP contribution is -2.64. The van der Waals surface area contributed by atoms with Crippen molar-refractivity contribution < 1.29 is 103 Å². The number of amides is 8. The van der Waals surface area contributed by atoms with Crippen LogP contribution in [0.1, 0.15) is 87.7 Å². The molecule has 4 fully saturated rings. The van der Waals surface area contributed by atoms with Crippen molar-refractivity contribution in [2.75, 3.05) is 62.2 Å². The van der Waals surface area contributed by atoms with Gasteiger partial charge in [-0.2, -0.15) is 0 Å². The van der Waals surface area contributed by atoms with Crippen LogP contribution in [0.25, 0.3) is 0 Å². The molecular weight excluding hydrogens is 1200 g/mol. The minimum absolute atomic E-state index is 0.0189. The molecule has 7 rings (SSSR count). The highest BCUT2D eigenvalue weighted by molar-refractivity contribution is 7.90. The van der Waals surface area contributed by atoms with Crippen molar-refractivity contribution in [1.82, 2.24) is 36.4 Å². The summed E-state index contributed by atoms with van der Waals surface area (Å²) in [5, 5.41) is 114. The van der Waals surface area contributed by atoms with Gasteiger partial charge in [-0.3, -0.25) is 38.4 Å². The van der Waals surface area contributed by atoms with Crippen molar-refractivity contribution in [3.8, 4) is 17.2 Å². The van der Waals surface area contributed by atoms with Gasteiger partial charge in [0.15, 0.2) is 11.5 Å². The molecule has 0 saturated carbocycles. The number of phenolic OH excluding ortho intramolecular Hbond substituents is 1. The van der Waals surface area contributed by atoms with Crippen molar-refractivity contribution in [3.05, 3.63) is 77.9 Å². The van der Waals surface area contributed by atoms with Crippen molar-refractivity contribution in [2.24, 2.45) is 11.7 Å². The molecule has 90 heavy (non-hydrogen) atoms. The first-order valence-corrected chi connectivity index (χ1v) is 30.2. The molecule has 4 aliphatic heterocycles. The summed E-state index contributed by atoms with van der Waals surface area (Å²) in [6.45, 7) is 6.24. The molecule has 4 saturated heterocycles. The summed E-state index contributed by atoms with van der Waals surface area (Å²) < 4.78 is 15.1. The predicted octanol–water partition coefficient (Wildman–Crippen LogP) is -2.64.